The molecular weight excluding hydrogens is 374 g/mol. The summed E-state index contributed by atoms with van der Waals surface area (Å²) in [7, 11) is 1.59. The molecule has 0 aliphatic carbocycles. The summed E-state index contributed by atoms with van der Waals surface area (Å²) < 4.78 is 10.1. The summed E-state index contributed by atoms with van der Waals surface area (Å²) in [4.78, 5) is 34.2. The van der Waals surface area contributed by atoms with Gasteiger partial charge in [-0.15, -0.1) is 0 Å². The maximum atomic E-state index is 12.3. The minimum absolute atomic E-state index is 0.189. The van der Waals surface area contributed by atoms with Crippen LogP contribution in [0.5, 0.6) is 5.75 Å². The Morgan fingerprint density at radius 1 is 1.14 bits per heavy atom. The van der Waals surface area contributed by atoms with Gasteiger partial charge in [-0.3, -0.25) is 4.79 Å². The first kappa shape index (κ1) is 20.4. The highest BCUT2D eigenvalue weighted by molar-refractivity contribution is 6.02. The van der Waals surface area contributed by atoms with Crippen LogP contribution in [-0.4, -0.2) is 59.7 Å². The molecule has 2 amide bonds. The normalized spacial score (nSPS) is 14.2. The molecule has 0 saturated carbocycles. The summed E-state index contributed by atoms with van der Waals surface area (Å²) in [6.07, 6.45) is 4.30. The molecule has 2 N–H and O–H groups in total. The van der Waals surface area contributed by atoms with Gasteiger partial charge in [0.15, 0.2) is 0 Å². The van der Waals surface area contributed by atoms with Crippen molar-refractivity contribution in [3.8, 4) is 5.75 Å². The molecule has 2 aromatic rings. The topological polar surface area (TPSA) is 106 Å². The number of rotatable bonds is 6. The number of anilines is 2. The molecule has 9 heteroatoms. The standard InChI is InChI=1S/C20H25N5O4/c1-3-29-20(27)25-10-8-15(9-11-25)23-18-13-21-17(12-22-18)19(26)24-14-4-6-16(28-2)7-5-14/h4-7,12-13,15H,3,8-11H2,1-2H3,(H,22,23)(H,24,26). The largest absolute Gasteiger partial charge is 0.497 e. The van der Waals surface area contributed by atoms with Gasteiger partial charge in [-0.2, -0.15) is 0 Å². The van der Waals surface area contributed by atoms with E-state index in [0.29, 0.717) is 37.0 Å². The SMILES string of the molecule is CCOC(=O)N1CCC(Nc2cnc(C(=O)Nc3ccc(OC)cc3)cn2)CC1. The minimum Gasteiger partial charge on any atom is -0.497 e. The van der Waals surface area contributed by atoms with E-state index in [1.165, 1.54) is 6.20 Å². The fraction of sp³-hybridized carbons (Fsp3) is 0.400. The molecule has 0 spiro atoms. The lowest BCUT2D eigenvalue weighted by molar-refractivity contribution is 0.0982. The fourth-order valence-electron chi connectivity index (χ4n) is 3.02. The number of carbonyl (C=O) groups is 2. The lowest BCUT2D eigenvalue weighted by Crippen LogP contribution is -2.42. The molecule has 0 atom stereocenters. The van der Waals surface area contributed by atoms with Crippen LogP contribution in [0.3, 0.4) is 0 Å². The van der Waals surface area contributed by atoms with Crippen molar-refractivity contribution in [1.29, 1.82) is 0 Å². The van der Waals surface area contributed by atoms with Crippen molar-refractivity contribution in [2.75, 3.05) is 37.4 Å². The number of hydrogen-bond donors (Lipinski definition) is 2. The Bertz CT molecular complexity index is 818. The molecule has 0 bridgehead atoms. The van der Waals surface area contributed by atoms with Crippen molar-refractivity contribution in [2.45, 2.75) is 25.8 Å². The molecule has 1 aliphatic rings. The summed E-state index contributed by atoms with van der Waals surface area (Å²) in [5, 5.41) is 6.07. The van der Waals surface area contributed by atoms with Crippen LogP contribution in [0.4, 0.5) is 16.3 Å². The van der Waals surface area contributed by atoms with Gasteiger partial charge in [0.25, 0.3) is 5.91 Å². The first-order valence-electron chi connectivity index (χ1n) is 9.54. The predicted octanol–water partition coefficient (Wildman–Crippen LogP) is 2.77. The number of amides is 2. The van der Waals surface area contributed by atoms with E-state index in [2.05, 4.69) is 20.6 Å². The van der Waals surface area contributed by atoms with Crippen LogP contribution in [-0.2, 0) is 4.74 Å². The number of nitrogens with zero attached hydrogens (tertiary/aromatic N) is 3. The van der Waals surface area contributed by atoms with E-state index in [9.17, 15) is 9.59 Å². The number of methoxy groups -OCH3 is 1. The Morgan fingerprint density at radius 3 is 2.45 bits per heavy atom. The number of piperidine rings is 1. The van der Waals surface area contributed by atoms with Crippen molar-refractivity contribution in [3.05, 3.63) is 42.4 Å². The van der Waals surface area contributed by atoms with Gasteiger partial charge in [0.2, 0.25) is 0 Å². The molecule has 9 nitrogen and oxygen atoms in total. The summed E-state index contributed by atoms with van der Waals surface area (Å²) in [5.74, 6) is 0.976. The van der Waals surface area contributed by atoms with Crippen LogP contribution < -0.4 is 15.4 Å². The lowest BCUT2D eigenvalue weighted by atomic mass is 10.1. The molecule has 29 heavy (non-hydrogen) atoms. The Morgan fingerprint density at radius 2 is 1.86 bits per heavy atom. The Kier molecular flexibility index (Phi) is 6.83. The van der Waals surface area contributed by atoms with Gasteiger partial charge in [-0.25, -0.2) is 14.8 Å². The smallest absolute Gasteiger partial charge is 0.409 e. The average Bonchev–Trinajstić information content (AvgIpc) is 2.75. The third-order valence-corrected chi connectivity index (χ3v) is 4.61. The molecule has 0 radical (unpaired) electrons. The van der Waals surface area contributed by atoms with Crippen molar-refractivity contribution in [3.63, 3.8) is 0 Å². The molecule has 1 aliphatic heterocycles. The highest BCUT2D eigenvalue weighted by Gasteiger charge is 2.23. The number of ether oxygens (including phenoxy) is 2. The second-order valence-electron chi connectivity index (χ2n) is 6.57. The Hall–Kier alpha value is -3.36. The van der Waals surface area contributed by atoms with Crippen LogP contribution in [0, 0.1) is 0 Å². The maximum Gasteiger partial charge on any atom is 0.409 e. The minimum atomic E-state index is -0.336. The molecule has 2 heterocycles. The highest BCUT2D eigenvalue weighted by Crippen LogP contribution is 2.17. The summed E-state index contributed by atoms with van der Waals surface area (Å²) in [6, 6.07) is 7.23. The quantitative estimate of drug-likeness (QED) is 0.769. The zero-order valence-corrected chi connectivity index (χ0v) is 16.6. The van der Waals surface area contributed by atoms with Gasteiger partial charge in [0.1, 0.15) is 17.3 Å². The highest BCUT2D eigenvalue weighted by atomic mass is 16.6. The number of aromatic nitrogens is 2. The van der Waals surface area contributed by atoms with Crippen LogP contribution in [0.1, 0.15) is 30.3 Å². The van der Waals surface area contributed by atoms with E-state index in [-0.39, 0.29) is 23.7 Å². The molecule has 1 fully saturated rings. The van der Waals surface area contributed by atoms with Gasteiger partial charge < -0.3 is 25.0 Å². The number of benzene rings is 1. The number of carbonyl (C=O) groups excluding carboxylic acids is 2. The van der Waals surface area contributed by atoms with Crippen molar-refractivity contribution >= 4 is 23.5 Å². The van der Waals surface area contributed by atoms with Gasteiger partial charge in [-0.05, 0) is 44.0 Å². The molecule has 3 rings (SSSR count). The summed E-state index contributed by atoms with van der Waals surface area (Å²) in [5.41, 5.74) is 0.872. The van der Waals surface area contributed by atoms with Gasteiger partial charge in [-0.1, -0.05) is 0 Å². The molecule has 1 aromatic heterocycles. The zero-order valence-electron chi connectivity index (χ0n) is 16.6. The molecule has 154 valence electrons. The average molecular weight is 399 g/mol. The van der Waals surface area contributed by atoms with E-state index < -0.39 is 0 Å². The third kappa shape index (κ3) is 5.56. The van der Waals surface area contributed by atoms with Gasteiger partial charge in [0, 0.05) is 24.8 Å². The van der Waals surface area contributed by atoms with Crippen LogP contribution in [0.15, 0.2) is 36.7 Å². The van der Waals surface area contributed by atoms with E-state index in [4.69, 9.17) is 9.47 Å². The van der Waals surface area contributed by atoms with Crippen LogP contribution in [0.25, 0.3) is 0 Å². The molecule has 1 saturated heterocycles. The second-order valence-corrected chi connectivity index (χ2v) is 6.57. The van der Waals surface area contributed by atoms with Gasteiger partial charge in [0.05, 0.1) is 26.1 Å². The molecule has 0 unspecified atom stereocenters. The maximum absolute atomic E-state index is 12.3. The monoisotopic (exact) mass is 399 g/mol. The van der Waals surface area contributed by atoms with E-state index >= 15 is 0 Å². The Balaban J connectivity index is 1.49. The Labute approximate surface area is 169 Å². The molecular formula is C20H25N5O4. The molecule has 1 aromatic carbocycles. The van der Waals surface area contributed by atoms with Crippen molar-refractivity contribution in [1.82, 2.24) is 14.9 Å². The van der Waals surface area contributed by atoms with E-state index in [1.54, 1.807) is 49.4 Å². The number of hydrogen-bond acceptors (Lipinski definition) is 7. The summed E-state index contributed by atoms with van der Waals surface area (Å²) >= 11 is 0. The van der Waals surface area contributed by atoms with E-state index in [0.717, 1.165) is 12.8 Å². The van der Waals surface area contributed by atoms with Crippen LogP contribution >= 0.6 is 0 Å². The van der Waals surface area contributed by atoms with Crippen LogP contribution in [0.2, 0.25) is 0 Å². The first-order chi connectivity index (χ1) is 14.1. The summed E-state index contributed by atoms with van der Waals surface area (Å²) in [6.45, 7) is 3.44. The van der Waals surface area contributed by atoms with Gasteiger partial charge >= 0.3 is 6.09 Å². The van der Waals surface area contributed by atoms with Crippen molar-refractivity contribution < 1.29 is 19.1 Å². The van der Waals surface area contributed by atoms with E-state index in [1.807, 2.05) is 0 Å². The second kappa shape index (κ2) is 9.72. The third-order valence-electron chi connectivity index (χ3n) is 4.61. The number of likely N-dealkylation sites (tertiary alicyclic amines) is 1. The lowest BCUT2D eigenvalue weighted by Gasteiger charge is -2.31. The first-order valence-corrected chi connectivity index (χ1v) is 9.54. The predicted molar refractivity (Wildman–Crippen MR) is 108 cm³/mol. The van der Waals surface area contributed by atoms with Crippen molar-refractivity contribution in [2.24, 2.45) is 0 Å². The number of nitrogens with one attached hydrogen (secondary N) is 2. The zero-order chi connectivity index (χ0) is 20.6. The fourth-order valence-corrected chi connectivity index (χ4v) is 3.02.